The second kappa shape index (κ2) is 15.2. The first-order chi connectivity index (χ1) is 21.1. The van der Waals surface area contributed by atoms with E-state index in [4.69, 9.17) is 26.2 Å². The van der Waals surface area contributed by atoms with Crippen molar-refractivity contribution >= 4 is 45.0 Å². The first-order valence-corrected chi connectivity index (χ1v) is 15.7. The van der Waals surface area contributed by atoms with Gasteiger partial charge >= 0.3 is 12.1 Å². The van der Waals surface area contributed by atoms with Crippen LogP contribution in [0.3, 0.4) is 0 Å². The predicted octanol–water partition coefficient (Wildman–Crippen LogP) is 2.14. The van der Waals surface area contributed by atoms with Crippen LogP contribution >= 0.6 is 11.3 Å². The van der Waals surface area contributed by atoms with Crippen molar-refractivity contribution in [2.45, 2.75) is 43.1 Å². The van der Waals surface area contributed by atoms with Crippen LogP contribution < -0.4 is 26.2 Å². The summed E-state index contributed by atoms with van der Waals surface area (Å²) in [7, 11) is -4.32. The Balaban J connectivity index is 0.000000707. The summed E-state index contributed by atoms with van der Waals surface area (Å²) < 4.78 is 58.6. The first kappa shape index (κ1) is 35.3. The number of ketones is 1. The summed E-state index contributed by atoms with van der Waals surface area (Å²) in [5.74, 6) is -4.63. The van der Waals surface area contributed by atoms with Gasteiger partial charge in [0.15, 0.2) is 5.78 Å². The second-order valence-corrected chi connectivity index (χ2v) is 12.1. The summed E-state index contributed by atoms with van der Waals surface area (Å²) in [6.07, 6.45) is -3.65. The number of thiophene rings is 1. The molecule has 9 N–H and O–H groups in total. The number of nitrogens with one attached hydrogen (secondary N) is 4. The highest BCUT2D eigenvalue weighted by molar-refractivity contribution is 7.87. The lowest BCUT2D eigenvalue weighted by atomic mass is 9.84. The molecule has 1 fully saturated rings. The van der Waals surface area contributed by atoms with Crippen LogP contribution in [0.1, 0.15) is 46.4 Å². The molecule has 0 aliphatic carbocycles. The smallest absolute Gasteiger partial charge is 0.475 e. The average Bonchev–Trinajstić information content (AvgIpc) is 3.69. The van der Waals surface area contributed by atoms with Gasteiger partial charge in [-0.3, -0.25) is 15.0 Å². The normalized spacial score (nSPS) is 16.2. The van der Waals surface area contributed by atoms with Crippen molar-refractivity contribution in [3.05, 3.63) is 93.7 Å². The SMILES string of the molecule is N=C(N)c1cc(C(NC(=O)[C@H](NS(N)(=O)=O)C(c2ccccc2)c2ccccc2)C(=O)[C@@H]2CCCN2)cs1.O=C(O)C(F)(F)F. The van der Waals surface area contributed by atoms with Crippen molar-refractivity contribution in [3.63, 3.8) is 0 Å². The van der Waals surface area contributed by atoms with E-state index in [-0.39, 0.29) is 11.6 Å². The van der Waals surface area contributed by atoms with Gasteiger partial charge in [-0.1, -0.05) is 60.7 Å². The van der Waals surface area contributed by atoms with Gasteiger partial charge in [-0.15, -0.1) is 11.3 Å². The number of hydrogen-bond acceptors (Lipinski definition) is 8. The molecule has 3 aromatic rings. The van der Waals surface area contributed by atoms with Gasteiger partial charge in [0.05, 0.1) is 10.9 Å². The maximum Gasteiger partial charge on any atom is 0.490 e. The van der Waals surface area contributed by atoms with Crippen LogP contribution in [0.5, 0.6) is 0 Å². The monoisotopic (exact) mass is 668 g/mol. The van der Waals surface area contributed by atoms with Gasteiger partial charge in [0.1, 0.15) is 17.9 Å². The molecular formula is C28H31F3N6O6S2. The summed E-state index contributed by atoms with van der Waals surface area (Å²) in [6.45, 7) is 0.680. The molecule has 242 valence electrons. The summed E-state index contributed by atoms with van der Waals surface area (Å²) in [6, 6.07) is 16.7. The van der Waals surface area contributed by atoms with Crippen LogP contribution in [0.15, 0.2) is 72.1 Å². The zero-order valence-electron chi connectivity index (χ0n) is 23.5. The number of carbonyl (C=O) groups is 3. The Morgan fingerprint density at radius 2 is 1.56 bits per heavy atom. The van der Waals surface area contributed by atoms with Crippen LogP contribution in [0, 0.1) is 5.41 Å². The van der Waals surface area contributed by atoms with E-state index in [1.807, 2.05) is 12.1 Å². The van der Waals surface area contributed by atoms with Gasteiger partial charge in [-0.2, -0.15) is 26.3 Å². The molecule has 3 atom stereocenters. The molecule has 12 nitrogen and oxygen atoms in total. The number of carbonyl (C=O) groups excluding carboxylic acids is 2. The van der Waals surface area contributed by atoms with Crippen molar-refractivity contribution in [2.75, 3.05) is 6.54 Å². The van der Waals surface area contributed by atoms with Gasteiger partial charge in [0.2, 0.25) is 5.91 Å². The zero-order valence-corrected chi connectivity index (χ0v) is 25.1. The number of nitrogens with two attached hydrogens (primary N) is 2. The minimum atomic E-state index is -5.08. The number of carboxylic acid groups (broad SMARTS) is 1. The van der Waals surface area contributed by atoms with Crippen molar-refractivity contribution in [1.29, 1.82) is 5.41 Å². The Hall–Kier alpha value is -4.16. The van der Waals surface area contributed by atoms with E-state index in [2.05, 4.69) is 15.4 Å². The molecule has 0 spiro atoms. The molecule has 1 saturated heterocycles. The Kier molecular flexibility index (Phi) is 11.9. The Labute approximate surface area is 260 Å². The lowest BCUT2D eigenvalue weighted by molar-refractivity contribution is -0.192. The predicted molar refractivity (Wildman–Crippen MR) is 161 cm³/mol. The van der Waals surface area contributed by atoms with Crippen LogP contribution in [0.4, 0.5) is 13.2 Å². The summed E-state index contributed by atoms with van der Waals surface area (Å²) >= 11 is 1.19. The van der Waals surface area contributed by atoms with E-state index in [0.717, 1.165) is 6.42 Å². The first-order valence-electron chi connectivity index (χ1n) is 13.3. The summed E-state index contributed by atoms with van der Waals surface area (Å²) in [5, 5.41) is 27.8. The largest absolute Gasteiger partial charge is 0.490 e. The molecule has 1 unspecified atom stereocenters. The molecule has 0 radical (unpaired) electrons. The van der Waals surface area contributed by atoms with Crippen LogP contribution in [0.2, 0.25) is 0 Å². The van der Waals surface area contributed by atoms with E-state index >= 15 is 0 Å². The number of benzene rings is 2. The van der Waals surface area contributed by atoms with E-state index < -0.39 is 52.3 Å². The molecule has 45 heavy (non-hydrogen) atoms. The Morgan fingerprint density at radius 1 is 1.02 bits per heavy atom. The number of rotatable bonds is 11. The molecule has 1 aliphatic rings. The molecule has 2 aromatic carbocycles. The third-order valence-electron chi connectivity index (χ3n) is 6.66. The van der Waals surface area contributed by atoms with E-state index in [1.54, 1.807) is 60.0 Å². The van der Waals surface area contributed by atoms with E-state index in [9.17, 15) is 31.2 Å². The number of alkyl halides is 3. The molecule has 0 bridgehead atoms. The van der Waals surface area contributed by atoms with Gasteiger partial charge in [0, 0.05) is 5.92 Å². The van der Waals surface area contributed by atoms with Gasteiger partial charge in [-0.25, -0.2) is 9.93 Å². The molecule has 4 rings (SSSR count). The molecule has 0 saturated carbocycles. The quantitative estimate of drug-likeness (QED) is 0.118. The summed E-state index contributed by atoms with van der Waals surface area (Å²) in [4.78, 5) is 36.8. The van der Waals surface area contributed by atoms with Gasteiger partial charge in [0.25, 0.3) is 10.2 Å². The number of aliphatic carboxylic acids is 1. The molecule has 2 heterocycles. The summed E-state index contributed by atoms with van der Waals surface area (Å²) in [5.41, 5.74) is 7.47. The number of amides is 1. The number of Topliss-reactive ketones (excluding diaryl/α,β-unsaturated/α-hetero) is 1. The Morgan fingerprint density at radius 3 is 1.96 bits per heavy atom. The topological polar surface area (TPSA) is 218 Å². The minimum Gasteiger partial charge on any atom is -0.475 e. The maximum absolute atomic E-state index is 13.9. The van der Waals surface area contributed by atoms with E-state index in [1.165, 1.54) is 11.3 Å². The lowest BCUT2D eigenvalue weighted by Crippen LogP contribution is -2.54. The third-order valence-corrected chi connectivity index (χ3v) is 8.22. The minimum absolute atomic E-state index is 0.153. The van der Waals surface area contributed by atoms with Crippen molar-refractivity contribution < 1.29 is 41.1 Å². The fourth-order valence-corrected chi connectivity index (χ4v) is 6.07. The highest BCUT2D eigenvalue weighted by Crippen LogP contribution is 2.30. The number of nitrogen functional groups attached to an aromatic ring is 1. The number of carboxylic acids is 1. The zero-order chi connectivity index (χ0) is 33.4. The number of amidine groups is 1. The molecular weight excluding hydrogens is 637 g/mol. The van der Waals surface area contributed by atoms with Crippen LogP contribution in [-0.4, -0.2) is 61.8 Å². The highest BCUT2D eigenvalue weighted by atomic mass is 32.2. The van der Waals surface area contributed by atoms with Crippen LogP contribution in [-0.2, 0) is 24.6 Å². The van der Waals surface area contributed by atoms with Gasteiger partial charge < -0.3 is 21.5 Å². The third kappa shape index (κ3) is 10.2. The van der Waals surface area contributed by atoms with Crippen molar-refractivity contribution in [1.82, 2.24) is 15.4 Å². The highest BCUT2D eigenvalue weighted by Gasteiger charge is 2.39. The van der Waals surface area contributed by atoms with Crippen LogP contribution in [0.25, 0.3) is 0 Å². The molecule has 1 aromatic heterocycles. The standard InChI is InChI=1S/C26H30N6O4S2.C2HF3O2/c27-25(28)20-14-18(15-37-20)22(24(33)19-12-7-13-30-19)31-26(34)23(32-38(29,35)36)21(16-8-3-1-4-9-16)17-10-5-2-6-11-17;3-2(4,5)1(6)7/h1-6,8-11,14-15,19,21-23,30,32H,7,12-13H2,(H3,27,28)(H,31,34)(H2,29,35,36);(H,6,7)/t19-,22?,23+;/m0./s1. The average molecular weight is 669 g/mol. The van der Waals surface area contributed by atoms with E-state index in [0.29, 0.717) is 34.5 Å². The lowest BCUT2D eigenvalue weighted by Gasteiger charge is -2.29. The second-order valence-electron chi connectivity index (χ2n) is 9.89. The number of hydrogen-bond donors (Lipinski definition) is 7. The van der Waals surface area contributed by atoms with Crippen molar-refractivity contribution in [2.24, 2.45) is 10.9 Å². The fraction of sp³-hybridized carbons (Fsp3) is 0.286. The van der Waals surface area contributed by atoms with Gasteiger partial charge in [-0.05, 0) is 47.5 Å². The fourth-order valence-electron chi connectivity index (χ4n) is 4.67. The maximum atomic E-state index is 13.9. The molecule has 1 amide bonds. The molecule has 17 heteroatoms. The number of halogens is 3. The van der Waals surface area contributed by atoms with Crippen molar-refractivity contribution in [3.8, 4) is 0 Å². The molecule has 1 aliphatic heterocycles. The Bertz CT molecular complexity index is 1560.